The molecule has 0 fully saturated rings. The first-order valence-corrected chi connectivity index (χ1v) is 8.58. The van der Waals surface area contributed by atoms with Gasteiger partial charge < -0.3 is 11.1 Å². The molecule has 0 amide bonds. The zero-order chi connectivity index (χ0) is 13.7. The second-order valence-electron chi connectivity index (χ2n) is 4.83. The molecule has 0 unspecified atom stereocenters. The number of rotatable bonds is 7. The van der Waals surface area contributed by atoms with Crippen molar-refractivity contribution in [2.75, 3.05) is 23.9 Å². The summed E-state index contributed by atoms with van der Waals surface area (Å²) in [5.74, 6) is 2.08. The number of pyridine rings is 1. The maximum absolute atomic E-state index is 5.81. The van der Waals surface area contributed by atoms with Crippen LogP contribution in [0.4, 0.5) is 5.82 Å². The van der Waals surface area contributed by atoms with Gasteiger partial charge in [-0.3, -0.25) is 0 Å². The summed E-state index contributed by atoms with van der Waals surface area (Å²) in [5.41, 5.74) is 9.24. The Kier molecular flexibility index (Phi) is 5.45. The molecule has 1 aliphatic rings. The molecule has 0 saturated heterocycles. The van der Waals surface area contributed by atoms with Crippen LogP contribution in [0.25, 0.3) is 0 Å². The number of unbranched alkanes of at least 4 members (excludes halogenated alkanes) is 1. The topological polar surface area (TPSA) is 50.9 Å². The number of aryl methyl sites for hydroxylation is 2. The SMILES string of the molecule is CSCCCCNc1nc2c(cc1C(N)=S)CCC2. The summed E-state index contributed by atoms with van der Waals surface area (Å²) in [6.45, 7) is 0.932. The van der Waals surface area contributed by atoms with Crippen molar-refractivity contribution in [2.45, 2.75) is 32.1 Å². The van der Waals surface area contributed by atoms with Crippen LogP contribution in [0.15, 0.2) is 6.07 Å². The first-order valence-electron chi connectivity index (χ1n) is 6.77. The van der Waals surface area contributed by atoms with E-state index in [4.69, 9.17) is 22.9 Å². The van der Waals surface area contributed by atoms with E-state index in [1.54, 1.807) is 0 Å². The number of hydrogen-bond donors (Lipinski definition) is 2. The third-order valence-corrected chi connectivity index (χ3v) is 4.30. The molecule has 19 heavy (non-hydrogen) atoms. The van der Waals surface area contributed by atoms with Crippen molar-refractivity contribution in [1.29, 1.82) is 0 Å². The van der Waals surface area contributed by atoms with Crippen LogP contribution in [0, 0.1) is 0 Å². The maximum Gasteiger partial charge on any atom is 0.136 e. The molecular formula is C14H21N3S2. The molecule has 0 bridgehead atoms. The average molecular weight is 295 g/mol. The summed E-state index contributed by atoms with van der Waals surface area (Å²) in [7, 11) is 0. The summed E-state index contributed by atoms with van der Waals surface area (Å²) in [6, 6.07) is 2.13. The molecule has 0 aliphatic heterocycles. The maximum atomic E-state index is 5.81. The molecule has 3 nitrogen and oxygen atoms in total. The van der Waals surface area contributed by atoms with Crippen LogP contribution in [0.3, 0.4) is 0 Å². The van der Waals surface area contributed by atoms with Gasteiger partial charge in [-0.05, 0) is 55.7 Å². The van der Waals surface area contributed by atoms with Gasteiger partial charge in [-0.25, -0.2) is 4.98 Å². The molecule has 0 spiro atoms. The summed E-state index contributed by atoms with van der Waals surface area (Å²) in [6.07, 6.45) is 7.88. The van der Waals surface area contributed by atoms with Gasteiger partial charge in [0.1, 0.15) is 10.8 Å². The Balaban J connectivity index is 2.03. The third kappa shape index (κ3) is 3.83. The van der Waals surface area contributed by atoms with Crippen LogP contribution in [-0.4, -0.2) is 28.5 Å². The minimum atomic E-state index is 0.439. The van der Waals surface area contributed by atoms with Crippen LogP contribution in [-0.2, 0) is 12.8 Å². The number of hydrogen-bond acceptors (Lipinski definition) is 4. The highest BCUT2D eigenvalue weighted by molar-refractivity contribution is 7.98. The molecule has 3 N–H and O–H groups in total. The van der Waals surface area contributed by atoms with Crippen molar-refractivity contribution in [2.24, 2.45) is 5.73 Å². The lowest BCUT2D eigenvalue weighted by Crippen LogP contribution is -2.16. The van der Waals surface area contributed by atoms with Gasteiger partial charge in [0.25, 0.3) is 0 Å². The van der Waals surface area contributed by atoms with Crippen molar-refractivity contribution >= 4 is 34.8 Å². The Morgan fingerprint density at radius 2 is 2.32 bits per heavy atom. The van der Waals surface area contributed by atoms with Crippen LogP contribution in [0.2, 0.25) is 0 Å². The molecule has 0 atom stereocenters. The second kappa shape index (κ2) is 7.10. The molecule has 5 heteroatoms. The van der Waals surface area contributed by atoms with Crippen molar-refractivity contribution in [3.8, 4) is 0 Å². The van der Waals surface area contributed by atoms with Crippen LogP contribution in [0.1, 0.15) is 36.1 Å². The summed E-state index contributed by atoms with van der Waals surface area (Å²) in [5, 5.41) is 3.40. The van der Waals surface area contributed by atoms with E-state index in [0.29, 0.717) is 4.99 Å². The Morgan fingerprint density at radius 1 is 1.47 bits per heavy atom. The lowest BCUT2D eigenvalue weighted by molar-refractivity contribution is 0.837. The van der Waals surface area contributed by atoms with Gasteiger partial charge >= 0.3 is 0 Å². The normalized spacial score (nSPS) is 13.3. The van der Waals surface area contributed by atoms with Crippen molar-refractivity contribution in [1.82, 2.24) is 4.98 Å². The van der Waals surface area contributed by atoms with Gasteiger partial charge in [0.2, 0.25) is 0 Å². The van der Waals surface area contributed by atoms with Gasteiger partial charge in [0.05, 0.1) is 5.56 Å². The Bertz CT molecular complexity index is 460. The third-order valence-electron chi connectivity index (χ3n) is 3.38. The smallest absolute Gasteiger partial charge is 0.136 e. The number of nitrogens with zero attached hydrogens (tertiary/aromatic N) is 1. The lowest BCUT2D eigenvalue weighted by atomic mass is 10.1. The average Bonchev–Trinajstić information content (AvgIpc) is 2.84. The van der Waals surface area contributed by atoms with Crippen molar-refractivity contribution < 1.29 is 0 Å². The number of thiocarbonyl (C=S) groups is 1. The second-order valence-corrected chi connectivity index (χ2v) is 6.26. The minimum Gasteiger partial charge on any atom is -0.389 e. The van der Waals surface area contributed by atoms with E-state index in [0.717, 1.165) is 37.2 Å². The zero-order valence-corrected chi connectivity index (χ0v) is 13.0. The fraction of sp³-hybridized carbons (Fsp3) is 0.571. The van der Waals surface area contributed by atoms with Gasteiger partial charge in [-0.15, -0.1) is 0 Å². The zero-order valence-electron chi connectivity index (χ0n) is 11.4. The highest BCUT2D eigenvalue weighted by Crippen LogP contribution is 2.25. The lowest BCUT2D eigenvalue weighted by Gasteiger charge is -2.12. The van der Waals surface area contributed by atoms with Gasteiger partial charge in [0.15, 0.2) is 0 Å². The quantitative estimate of drug-likeness (QED) is 0.598. The number of thioether (sulfide) groups is 1. The fourth-order valence-corrected chi connectivity index (χ4v) is 3.02. The van der Waals surface area contributed by atoms with E-state index in [1.807, 2.05) is 11.8 Å². The van der Waals surface area contributed by atoms with E-state index < -0.39 is 0 Å². The molecule has 1 aromatic heterocycles. The molecule has 104 valence electrons. The van der Waals surface area contributed by atoms with Crippen LogP contribution < -0.4 is 11.1 Å². The van der Waals surface area contributed by atoms with E-state index in [2.05, 4.69) is 17.6 Å². The molecule has 1 aliphatic carbocycles. The van der Waals surface area contributed by atoms with Gasteiger partial charge in [0, 0.05) is 12.2 Å². The standard InChI is InChI=1S/C14H21N3S2/c1-19-8-3-2-7-16-14-11(13(15)18)9-10-5-4-6-12(10)17-14/h9H,2-8H2,1H3,(H2,15,18)(H,16,17). The number of aromatic nitrogens is 1. The minimum absolute atomic E-state index is 0.439. The summed E-state index contributed by atoms with van der Waals surface area (Å²) in [4.78, 5) is 5.15. The molecular weight excluding hydrogens is 274 g/mol. The predicted molar refractivity (Wildman–Crippen MR) is 88.3 cm³/mol. The Labute approximate surface area is 124 Å². The predicted octanol–water partition coefficient (Wildman–Crippen LogP) is 2.76. The van der Waals surface area contributed by atoms with Crippen molar-refractivity contribution in [3.63, 3.8) is 0 Å². The Hall–Kier alpha value is -0.810. The van der Waals surface area contributed by atoms with Gasteiger partial charge in [-0.1, -0.05) is 12.2 Å². The number of nitrogens with one attached hydrogen (secondary N) is 1. The van der Waals surface area contributed by atoms with Crippen LogP contribution >= 0.6 is 24.0 Å². The molecule has 1 heterocycles. The Morgan fingerprint density at radius 3 is 3.05 bits per heavy atom. The first-order chi connectivity index (χ1) is 9.22. The van der Waals surface area contributed by atoms with E-state index >= 15 is 0 Å². The van der Waals surface area contributed by atoms with Crippen molar-refractivity contribution in [3.05, 3.63) is 22.9 Å². The molecule has 0 radical (unpaired) electrons. The summed E-state index contributed by atoms with van der Waals surface area (Å²) >= 11 is 7.02. The van der Waals surface area contributed by atoms with Gasteiger partial charge in [-0.2, -0.15) is 11.8 Å². The number of anilines is 1. The fourth-order valence-electron chi connectivity index (χ4n) is 2.37. The highest BCUT2D eigenvalue weighted by Gasteiger charge is 2.17. The monoisotopic (exact) mass is 295 g/mol. The highest BCUT2D eigenvalue weighted by atomic mass is 32.2. The van der Waals surface area contributed by atoms with E-state index in [9.17, 15) is 0 Å². The number of fused-ring (bicyclic) bond motifs is 1. The summed E-state index contributed by atoms with van der Waals surface area (Å²) < 4.78 is 0. The molecule has 2 rings (SSSR count). The van der Waals surface area contributed by atoms with E-state index in [-0.39, 0.29) is 0 Å². The molecule has 1 aromatic rings. The van der Waals surface area contributed by atoms with E-state index in [1.165, 1.54) is 29.9 Å². The first kappa shape index (κ1) is 14.6. The molecule has 0 saturated carbocycles. The number of nitrogens with two attached hydrogens (primary N) is 1. The largest absolute Gasteiger partial charge is 0.389 e. The molecule has 0 aromatic carbocycles. The van der Waals surface area contributed by atoms with Crippen LogP contribution in [0.5, 0.6) is 0 Å².